The lowest BCUT2D eigenvalue weighted by Gasteiger charge is -2.00. The summed E-state index contributed by atoms with van der Waals surface area (Å²) in [5.41, 5.74) is 0.348. The minimum atomic E-state index is -1.37. The van der Waals surface area contributed by atoms with E-state index in [9.17, 15) is 9.90 Å². The number of methoxy groups -OCH3 is 1. The second-order valence-electron chi connectivity index (χ2n) is 2.92. The third-order valence-electron chi connectivity index (χ3n) is 1.97. The van der Waals surface area contributed by atoms with Crippen LogP contribution in [0.2, 0.25) is 5.02 Å². The standard InChI is InChI=1S/C10H7ClO4/c1-14-7-4-6(11)2-5-3-8(10(12)13)15-9(5)7/h2-4H,1H3,(H,12,13)/p-1. The van der Waals surface area contributed by atoms with Gasteiger partial charge in [-0.05, 0) is 12.1 Å². The molecule has 0 N–H and O–H groups in total. The first-order valence-electron chi connectivity index (χ1n) is 4.10. The van der Waals surface area contributed by atoms with Crippen molar-refractivity contribution in [2.75, 3.05) is 7.11 Å². The maximum atomic E-state index is 10.6. The van der Waals surface area contributed by atoms with Gasteiger partial charge in [0, 0.05) is 16.5 Å². The molecule has 5 heteroatoms. The zero-order chi connectivity index (χ0) is 11.0. The fourth-order valence-electron chi connectivity index (χ4n) is 1.34. The van der Waals surface area contributed by atoms with Crippen LogP contribution < -0.4 is 9.84 Å². The molecular formula is C10H6ClO4-. The third-order valence-corrected chi connectivity index (χ3v) is 2.19. The zero-order valence-electron chi connectivity index (χ0n) is 7.74. The van der Waals surface area contributed by atoms with Gasteiger partial charge in [0.1, 0.15) is 5.97 Å². The van der Waals surface area contributed by atoms with E-state index < -0.39 is 5.97 Å². The van der Waals surface area contributed by atoms with Gasteiger partial charge in [0.2, 0.25) is 0 Å². The summed E-state index contributed by atoms with van der Waals surface area (Å²) in [4.78, 5) is 10.6. The number of carboxylic acid groups (broad SMARTS) is 1. The molecule has 4 nitrogen and oxygen atoms in total. The second-order valence-corrected chi connectivity index (χ2v) is 3.36. The molecular weight excluding hydrogens is 220 g/mol. The maximum Gasteiger partial charge on any atom is 0.176 e. The van der Waals surface area contributed by atoms with E-state index in [-0.39, 0.29) is 5.76 Å². The highest BCUT2D eigenvalue weighted by molar-refractivity contribution is 6.31. The molecule has 2 rings (SSSR count). The Morgan fingerprint density at radius 3 is 2.80 bits per heavy atom. The van der Waals surface area contributed by atoms with Crippen molar-refractivity contribution in [1.82, 2.24) is 0 Å². The van der Waals surface area contributed by atoms with E-state index >= 15 is 0 Å². The summed E-state index contributed by atoms with van der Waals surface area (Å²) in [6.45, 7) is 0. The maximum absolute atomic E-state index is 10.6. The minimum absolute atomic E-state index is 0.245. The van der Waals surface area contributed by atoms with Crippen molar-refractivity contribution in [3.63, 3.8) is 0 Å². The van der Waals surface area contributed by atoms with Gasteiger partial charge in [-0.25, -0.2) is 0 Å². The number of carbonyl (C=O) groups excluding carboxylic acids is 1. The lowest BCUT2D eigenvalue weighted by molar-refractivity contribution is -0.256. The molecule has 0 unspecified atom stereocenters. The fourth-order valence-corrected chi connectivity index (χ4v) is 1.55. The Labute approximate surface area is 90.0 Å². The number of carbonyl (C=O) groups is 1. The molecule has 0 spiro atoms. The molecule has 1 aromatic heterocycles. The molecule has 0 bridgehead atoms. The van der Waals surface area contributed by atoms with Crippen LogP contribution in [-0.2, 0) is 0 Å². The second kappa shape index (κ2) is 3.47. The summed E-state index contributed by atoms with van der Waals surface area (Å²) in [5, 5.41) is 11.6. The number of hydrogen-bond donors (Lipinski definition) is 0. The highest BCUT2D eigenvalue weighted by Crippen LogP contribution is 2.31. The van der Waals surface area contributed by atoms with Crippen LogP contribution in [0.4, 0.5) is 0 Å². The molecule has 0 aliphatic heterocycles. The van der Waals surface area contributed by atoms with E-state index in [1.807, 2.05) is 0 Å². The first kappa shape index (κ1) is 9.86. The Hall–Kier alpha value is -1.68. The Balaban J connectivity index is 2.74. The van der Waals surface area contributed by atoms with Gasteiger partial charge in [0.25, 0.3) is 0 Å². The molecule has 2 aromatic rings. The normalized spacial score (nSPS) is 10.5. The van der Waals surface area contributed by atoms with E-state index in [1.54, 1.807) is 12.1 Å². The van der Waals surface area contributed by atoms with Crippen molar-refractivity contribution in [3.05, 3.63) is 29.0 Å². The Bertz CT molecular complexity index is 529. The SMILES string of the molecule is COc1cc(Cl)cc2cc(C(=O)[O-])oc12. The van der Waals surface area contributed by atoms with Gasteiger partial charge in [0.05, 0.1) is 7.11 Å². The van der Waals surface area contributed by atoms with Crippen LogP contribution in [0, 0.1) is 0 Å². The number of rotatable bonds is 2. The number of benzene rings is 1. The summed E-state index contributed by atoms with van der Waals surface area (Å²) in [6, 6.07) is 4.49. The summed E-state index contributed by atoms with van der Waals surface area (Å²) in [6.07, 6.45) is 0. The van der Waals surface area contributed by atoms with Crippen LogP contribution >= 0.6 is 11.6 Å². The molecule has 0 fully saturated rings. The number of furan rings is 1. The van der Waals surface area contributed by atoms with Crippen molar-refractivity contribution in [2.45, 2.75) is 0 Å². The van der Waals surface area contributed by atoms with Crippen molar-refractivity contribution in [1.29, 1.82) is 0 Å². The van der Waals surface area contributed by atoms with Gasteiger partial charge >= 0.3 is 0 Å². The van der Waals surface area contributed by atoms with Gasteiger partial charge < -0.3 is 19.1 Å². The summed E-state index contributed by atoms with van der Waals surface area (Å²) in [5.74, 6) is -1.22. The Morgan fingerprint density at radius 1 is 1.47 bits per heavy atom. The van der Waals surface area contributed by atoms with E-state index in [0.29, 0.717) is 21.7 Å². The average molecular weight is 226 g/mol. The van der Waals surface area contributed by atoms with E-state index in [0.717, 1.165) is 0 Å². The van der Waals surface area contributed by atoms with E-state index in [4.69, 9.17) is 20.8 Å². The first-order valence-corrected chi connectivity index (χ1v) is 4.48. The molecule has 1 aromatic carbocycles. The average Bonchev–Trinajstić information content (AvgIpc) is 2.59. The fraction of sp³-hybridized carbons (Fsp3) is 0.100. The lowest BCUT2D eigenvalue weighted by Crippen LogP contribution is -2.21. The lowest BCUT2D eigenvalue weighted by atomic mass is 10.2. The summed E-state index contributed by atoms with van der Waals surface area (Å²) in [7, 11) is 1.45. The van der Waals surface area contributed by atoms with Crippen LogP contribution in [-0.4, -0.2) is 13.1 Å². The van der Waals surface area contributed by atoms with Gasteiger partial charge in [-0.2, -0.15) is 0 Å². The molecule has 78 valence electrons. The van der Waals surface area contributed by atoms with E-state index in [1.165, 1.54) is 13.2 Å². The summed E-state index contributed by atoms with van der Waals surface area (Å²) >= 11 is 5.81. The molecule has 0 atom stereocenters. The number of carboxylic acids is 1. The highest BCUT2D eigenvalue weighted by atomic mass is 35.5. The monoisotopic (exact) mass is 225 g/mol. The van der Waals surface area contributed by atoms with Gasteiger partial charge in [-0.1, -0.05) is 11.6 Å². The molecule has 0 saturated heterocycles. The molecule has 0 aliphatic carbocycles. The molecule has 0 amide bonds. The molecule has 0 saturated carbocycles. The van der Waals surface area contributed by atoms with E-state index in [2.05, 4.69) is 0 Å². The molecule has 15 heavy (non-hydrogen) atoms. The van der Waals surface area contributed by atoms with Crippen LogP contribution in [0.1, 0.15) is 10.6 Å². The number of ether oxygens (including phenoxy) is 1. The first-order chi connectivity index (χ1) is 7.11. The highest BCUT2D eigenvalue weighted by Gasteiger charge is 2.10. The molecule has 0 aliphatic rings. The quantitative estimate of drug-likeness (QED) is 0.776. The minimum Gasteiger partial charge on any atom is -0.542 e. The Kier molecular flexibility index (Phi) is 2.28. The van der Waals surface area contributed by atoms with Gasteiger partial charge in [-0.15, -0.1) is 0 Å². The van der Waals surface area contributed by atoms with Crippen LogP contribution in [0.5, 0.6) is 5.75 Å². The number of halogens is 1. The van der Waals surface area contributed by atoms with Crippen molar-refractivity contribution in [3.8, 4) is 5.75 Å². The topological polar surface area (TPSA) is 62.5 Å². The predicted octanol–water partition coefficient (Wildman–Crippen LogP) is 1.46. The predicted molar refractivity (Wildman–Crippen MR) is 52.1 cm³/mol. The van der Waals surface area contributed by atoms with Crippen LogP contribution in [0.25, 0.3) is 11.0 Å². The molecule has 1 heterocycles. The third kappa shape index (κ3) is 1.64. The largest absolute Gasteiger partial charge is 0.542 e. The number of hydrogen-bond acceptors (Lipinski definition) is 4. The summed E-state index contributed by atoms with van der Waals surface area (Å²) < 4.78 is 10.1. The van der Waals surface area contributed by atoms with Crippen molar-refractivity contribution in [2.24, 2.45) is 0 Å². The Morgan fingerprint density at radius 2 is 2.20 bits per heavy atom. The smallest absolute Gasteiger partial charge is 0.176 e. The van der Waals surface area contributed by atoms with Crippen molar-refractivity contribution < 1.29 is 19.1 Å². The van der Waals surface area contributed by atoms with Crippen LogP contribution in [0.15, 0.2) is 22.6 Å². The van der Waals surface area contributed by atoms with Crippen molar-refractivity contribution >= 4 is 28.5 Å². The molecule has 0 radical (unpaired) electrons. The number of aromatic carboxylic acids is 1. The van der Waals surface area contributed by atoms with Gasteiger partial charge in [-0.3, -0.25) is 0 Å². The van der Waals surface area contributed by atoms with Gasteiger partial charge in [0.15, 0.2) is 17.1 Å². The van der Waals surface area contributed by atoms with Crippen LogP contribution in [0.3, 0.4) is 0 Å². The number of fused-ring (bicyclic) bond motifs is 1. The zero-order valence-corrected chi connectivity index (χ0v) is 8.50.